The molecular formula is C36H35Al4F20N. The summed E-state index contributed by atoms with van der Waals surface area (Å²) < 4.78 is 244. The minimum absolute atomic E-state index is 0.223. The number of rotatable bonds is 9. The lowest BCUT2D eigenvalue weighted by Gasteiger charge is -2.21. The third-order valence-electron chi connectivity index (χ3n) is 8.20. The molecule has 0 saturated carbocycles. The maximum Gasteiger partial charge on any atom is 0.268 e. The van der Waals surface area contributed by atoms with Crippen molar-refractivity contribution >= 4 is 82.9 Å². The number of nitrogens with zero attached hydrogens (tertiary/aromatic N) is 1. The minimum atomic E-state index is -2.11. The molecule has 0 saturated heterocycles. The Hall–Kier alpha value is -2.43. The zero-order chi connectivity index (χ0) is 47.8. The summed E-state index contributed by atoms with van der Waals surface area (Å²) in [5.74, 6) is -37.2. The van der Waals surface area contributed by atoms with Crippen molar-refractivity contribution in [3.8, 4) is 0 Å². The van der Waals surface area contributed by atoms with Crippen LogP contribution in [-0.4, -0.2) is 89.7 Å². The molecule has 4 rings (SSSR count). The van der Waals surface area contributed by atoms with E-state index in [9.17, 15) is 87.8 Å². The predicted octanol–water partition coefficient (Wildman–Crippen LogP) is 6.25. The summed E-state index contributed by atoms with van der Waals surface area (Å²) in [7, 11) is 0. The van der Waals surface area contributed by atoms with Gasteiger partial charge in [-0.15, -0.1) is 0 Å². The van der Waals surface area contributed by atoms with Gasteiger partial charge in [0.25, 0.3) is 65.2 Å². The van der Waals surface area contributed by atoms with Gasteiger partial charge in [-0.25, -0.2) is 87.8 Å². The Morgan fingerprint density at radius 2 is 0.361 bits per heavy atom. The Kier molecular flexibility index (Phi) is 26.6. The summed E-state index contributed by atoms with van der Waals surface area (Å²) in [6.07, 6.45) is 8.09. The van der Waals surface area contributed by atoms with Gasteiger partial charge in [-0.1, -0.05) is 40.0 Å². The first-order valence-electron chi connectivity index (χ1n) is 17.8. The summed E-state index contributed by atoms with van der Waals surface area (Å²) in [4.78, 5) is 2.64. The van der Waals surface area contributed by atoms with Crippen LogP contribution in [0.3, 0.4) is 0 Å². The summed E-state index contributed by atoms with van der Waals surface area (Å²) in [5.41, 5.74) is 0. The van der Waals surface area contributed by atoms with E-state index < -0.39 is 134 Å². The molecule has 0 aliphatic heterocycles. The fraction of sp³-hybridized carbons (Fsp3) is 0.333. The van der Waals surface area contributed by atoms with Crippen molar-refractivity contribution in [2.24, 2.45) is 0 Å². The fourth-order valence-corrected chi connectivity index (χ4v) is 6.10. The summed E-state index contributed by atoms with van der Waals surface area (Å²) in [5, 5.41) is 0. The molecule has 0 amide bonds. The molecule has 0 unspecified atom stereocenters. The fourth-order valence-electron chi connectivity index (χ4n) is 4.34. The van der Waals surface area contributed by atoms with Crippen LogP contribution in [0.15, 0.2) is 0 Å². The quantitative estimate of drug-likeness (QED) is 0.0832. The largest absolute Gasteiger partial charge is 0.303 e. The van der Waals surface area contributed by atoms with E-state index in [1.165, 1.54) is 58.2 Å². The number of unbranched alkanes of at least 4 members (excludes halogenated alkanes) is 3. The van der Waals surface area contributed by atoms with E-state index in [1.807, 2.05) is 0 Å². The second-order valence-corrected chi connectivity index (χ2v) is 16.7. The monoisotopic (exact) mass is 969 g/mol. The maximum atomic E-state index is 12.4. The Morgan fingerprint density at radius 3 is 0.475 bits per heavy atom. The lowest BCUT2D eigenvalue weighted by Crippen LogP contribution is -2.27. The lowest BCUT2D eigenvalue weighted by atomic mass is 10.2. The highest BCUT2D eigenvalue weighted by molar-refractivity contribution is 6.33. The van der Waals surface area contributed by atoms with Crippen molar-refractivity contribution in [3.05, 3.63) is 116 Å². The highest BCUT2D eigenvalue weighted by atomic mass is 27.1. The van der Waals surface area contributed by atoms with Crippen LogP contribution in [0.4, 0.5) is 87.8 Å². The second-order valence-electron chi connectivity index (χ2n) is 12.7. The average molecular weight is 970 g/mol. The summed E-state index contributed by atoms with van der Waals surface area (Å²) >= 11 is -0.893. The van der Waals surface area contributed by atoms with E-state index in [1.54, 1.807) is 0 Å². The van der Waals surface area contributed by atoms with Crippen LogP contribution in [0, 0.1) is 116 Å². The van der Waals surface area contributed by atoms with Crippen LogP contribution in [0.25, 0.3) is 0 Å². The highest BCUT2D eigenvalue weighted by Crippen LogP contribution is 2.18. The molecule has 0 spiro atoms. The lowest BCUT2D eigenvalue weighted by molar-refractivity contribution is 0.261. The Labute approximate surface area is 369 Å². The van der Waals surface area contributed by atoms with Gasteiger partial charge in [0.2, 0.25) is 0 Å². The van der Waals surface area contributed by atoms with Gasteiger partial charge in [0.1, 0.15) is 0 Å². The molecule has 0 atom stereocenters. The molecule has 4 aromatic carbocycles. The first-order valence-corrected chi connectivity index (χ1v) is 21.8. The molecule has 1 nitrogen and oxygen atoms in total. The predicted molar refractivity (Wildman–Crippen MR) is 199 cm³/mol. The molecular weight excluding hydrogens is 934 g/mol. The number of benzene rings is 4. The Morgan fingerprint density at radius 1 is 0.246 bits per heavy atom. The van der Waals surface area contributed by atoms with Crippen molar-refractivity contribution in [2.45, 2.75) is 59.3 Å². The SMILES string of the molecule is CCCCN(CCCC)CCCC.Fc1c(F)c(F)[c]([AlH2])c(F)c1F.Fc1c(F)c(F)[c]([AlH2])c(F)c1F.Fc1c(F)c(F)[c]([AlH2])c(F)c1F.Fc1c(F)c(F)[c]([AlH2])c(F)c1F. The number of halogens is 20. The normalized spacial score (nSPS) is 10.6. The van der Waals surface area contributed by atoms with Crippen molar-refractivity contribution in [3.63, 3.8) is 0 Å². The summed E-state index contributed by atoms with van der Waals surface area (Å²) in [6, 6.07) is 0. The Balaban J connectivity index is 0.000000738. The van der Waals surface area contributed by atoms with E-state index >= 15 is 0 Å². The van der Waals surface area contributed by atoms with Crippen LogP contribution in [0.2, 0.25) is 0 Å². The average Bonchev–Trinajstić information content (AvgIpc) is 3.26. The molecule has 0 heterocycles. The zero-order valence-corrected chi connectivity index (χ0v) is 41.4. The van der Waals surface area contributed by atoms with Gasteiger partial charge in [-0.2, -0.15) is 0 Å². The van der Waals surface area contributed by atoms with Gasteiger partial charge in [0, 0.05) is 0 Å². The van der Waals surface area contributed by atoms with E-state index in [0.717, 1.165) is 0 Å². The van der Waals surface area contributed by atoms with Crippen molar-refractivity contribution in [1.29, 1.82) is 0 Å². The molecule has 0 fully saturated rings. The molecule has 0 aliphatic carbocycles. The first kappa shape index (κ1) is 58.6. The van der Waals surface area contributed by atoms with Crippen molar-refractivity contribution in [1.82, 2.24) is 4.90 Å². The van der Waals surface area contributed by atoms with Crippen LogP contribution in [0.5, 0.6) is 0 Å². The topological polar surface area (TPSA) is 3.24 Å². The van der Waals surface area contributed by atoms with E-state index in [0.29, 0.717) is 0 Å². The molecule has 336 valence electrons. The second kappa shape index (κ2) is 27.7. The molecule has 25 heteroatoms. The zero-order valence-electron chi connectivity index (χ0n) is 33.4. The van der Waals surface area contributed by atoms with Crippen LogP contribution >= 0.6 is 0 Å². The van der Waals surface area contributed by atoms with E-state index in [4.69, 9.17) is 0 Å². The summed E-state index contributed by atoms with van der Waals surface area (Å²) in [6.45, 7) is 10.8. The minimum Gasteiger partial charge on any atom is -0.303 e. The third kappa shape index (κ3) is 16.0. The molecule has 0 bridgehead atoms. The van der Waals surface area contributed by atoms with Gasteiger partial charge in [-0.3, -0.25) is 0 Å². The third-order valence-corrected chi connectivity index (χ3v) is 11.7. The molecule has 0 aliphatic rings. The standard InChI is InChI=1S/C12H27N.4C6F5.4Al.8H/c1-4-7-10-13(11-8-5-2)12-9-6-3;4*7-2-1-3(8)5(10)6(11)4(2)9;;;;;;;;;;;;/h4-12H2,1-3H3;;;;;;;;;;;;;;;;. The van der Waals surface area contributed by atoms with Gasteiger partial charge < -0.3 is 4.90 Å². The maximum absolute atomic E-state index is 12.4. The van der Waals surface area contributed by atoms with Gasteiger partial charge >= 0.3 is 0 Å². The molecule has 0 N–H and O–H groups in total. The first-order chi connectivity index (χ1) is 28.2. The van der Waals surface area contributed by atoms with Gasteiger partial charge in [0.15, 0.2) is 116 Å². The smallest absolute Gasteiger partial charge is 0.268 e. The molecule has 4 aromatic rings. The molecule has 0 aromatic heterocycles. The molecule has 61 heavy (non-hydrogen) atoms. The van der Waals surface area contributed by atoms with Gasteiger partial charge in [0.05, 0.1) is 0 Å². The van der Waals surface area contributed by atoms with E-state index in [-0.39, 0.29) is 65.2 Å². The Bertz CT molecular complexity index is 1400. The van der Waals surface area contributed by atoms with Crippen LogP contribution in [0.1, 0.15) is 59.3 Å². The number of hydrogen-bond donors (Lipinski definition) is 0. The van der Waals surface area contributed by atoms with Crippen molar-refractivity contribution < 1.29 is 87.8 Å². The van der Waals surface area contributed by atoms with E-state index in [2.05, 4.69) is 25.7 Å². The number of hydrogen-bond acceptors (Lipinski definition) is 1. The van der Waals surface area contributed by atoms with Crippen LogP contribution < -0.4 is 17.7 Å². The van der Waals surface area contributed by atoms with Crippen molar-refractivity contribution in [2.75, 3.05) is 19.6 Å². The van der Waals surface area contributed by atoms with Crippen LogP contribution in [-0.2, 0) is 0 Å². The van der Waals surface area contributed by atoms with Gasteiger partial charge in [-0.05, 0) is 56.6 Å². The molecule has 0 radical (unpaired) electrons. The highest BCUT2D eigenvalue weighted by Gasteiger charge is 2.25.